The first kappa shape index (κ1) is 17.8. The number of amides is 1. The van der Waals surface area contributed by atoms with Crippen molar-refractivity contribution >= 4 is 32.7 Å². The van der Waals surface area contributed by atoms with Crippen molar-refractivity contribution in [2.24, 2.45) is 5.14 Å². The second kappa shape index (κ2) is 6.70. The molecule has 0 unspecified atom stereocenters. The van der Waals surface area contributed by atoms with Gasteiger partial charge in [0.1, 0.15) is 6.54 Å². The van der Waals surface area contributed by atoms with Crippen molar-refractivity contribution in [3.8, 4) is 0 Å². The summed E-state index contributed by atoms with van der Waals surface area (Å²) in [5.41, 5.74) is 1.46. The van der Waals surface area contributed by atoms with Crippen LogP contribution in [0.2, 0.25) is 0 Å². The molecule has 0 saturated carbocycles. The maximum absolute atomic E-state index is 12.4. The lowest BCUT2D eigenvalue weighted by atomic mass is 10.2. The normalized spacial score (nSPS) is 11.5. The number of benzene rings is 2. The molecule has 0 aliphatic rings. The zero-order valence-corrected chi connectivity index (χ0v) is 14.7. The molecule has 8 nitrogen and oxygen atoms in total. The number of aryl methyl sites for hydroxylation is 1. The van der Waals surface area contributed by atoms with Crippen LogP contribution in [0.4, 0.5) is 5.69 Å². The third-order valence-corrected chi connectivity index (χ3v) is 4.89. The van der Waals surface area contributed by atoms with Gasteiger partial charge in [-0.05, 0) is 36.8 Å². The van der Waals surface area contributed by atoms with E-state index in [0.717, 1.165) is 6.20 Å². The molecule has 0 bridgehead atoms. The lowest BCUT2D eigenvalue weighted by Crippen LogP contribution is -2.28. The molecule has 1 heterocycles. The third kappa shape index (κ3) is 3.63. The van der Waals surface area contributed by atoms with E-state index in [1.54, 1.807) is 43.3 Å². The first-order valence-electron chi connectivity index (χ1n) is 7.63. The first-order valence-corrected chi connectivity index (χ1v) is 9.18. The van der Waals surface area contributed by atoms with Gasteiger partial charge in [-0.1, -0.05) is 18.2 Å². The van der Waals surface area contributed by atoms with Crippen LogP contribution in [0, 0.1) is 6.92 Å². The summed E-state index contributed by atoms with van der Waals surface area (Å²) >= 11 is 0. The van der Waals surface area contributed by atoms with Crippen molar-refractivity contribution in [3.05, 3.63) is 64.6 Å². The summed E-state index contributed by atoms with van der Waals surface area (Å²) in [4.78, 5) is 28.4. The number of aromatic nitrogens is 2. The van der Waals surface area contributed by atoms with Gasteiger partial charge in [-0.25, -0.2) is 18.5 Å². The monoisotopic (exact) mass is 372 g/mol. The maximum atomic E-state index is 12.4. The molecule has 1 aromatic heterocycles. The van der Waals surface area contributed by atoms with E-state index >= 15 is 0 Å². The van der Waals surface area contributed by atoms with Crippen molar-refractivity contribution in [1.82, 2.24) is 9.55 Å². The van der Waals surface area contributed by atoms with Gasteiger partial charge in [0.15, 0.2) is 0 Å². The molecular weight excluding hydrogens is 356 g/mol. The minimum absolute atomic E-state index is 0.0678. The van der Waals surface area contributed by atoms with Crippen LogP contribution in [-0.2, 0) is 21.4 Å². The zero-order valence-electron chi connectivity index (χ0n) is 13.8. The molecule has 3 rings (SSSR count). The smallest absolute Gasteiger partial charge is 0.269 e. The summed E-state index contributed by atoms with van der Waals surface area (Å²) < 4.78 is 24.5. The highest BCUT2D eigenvalue weighted by Gasteiger charge is 2.14. The Kier molecular flexibility index (Phi) is 4.58. The van der Waals surface area contributed by atoms with E-state index in [9.17, 15) is 18.0 Å². The van der Waals surface area contributed by atoms with Crippen LogP contribution in [-0.4, -0.2) is 23.9 Å². The summed E-state index contributed by atoms with van der Waals surface area (Å²) in [6.07, 6.45) is 1.15. The van der Waals surface area contributed by atoms with Crippen LogP contribution in [0.5, 0.6) is 0 Å². The number of para-hydroxylation sites is 2. The molecule has 9 heteroatoms. The highest BCUT2D eigenvalue weighted by molar-refractivity contribution is 7.89. The first-order chi connectivity index (χ1) is 12.3. The number of carbonyl (C=O) groups is 1. The van der Waals surface area contributed by atoms with Crippen molar-refractivity contribution in [1.29, 1.82) is 0 Å². The van der Waals surface area contributed by atoms with Gasteiger partial charge in [0.2, 0.25) is 15.9 Å². The fraction of sp³-hybridized carbons (Fsp3) is 0.118. The molecular formula is C17H16N4O4S. The number of nitrogens with zero attached hydrogens (tertiary/aromatic N) is 2. The van der Waals surface area contributed by atoms with E-state index in [-0.39, 0.29) is 17.1 Å². The summed E-state index contributed by atoms with van der Waals surface area (Å²) in [6, 6.07) is 11.4. The summed E-state index contributed by atoms with van der Waals surface area (Å²) in [7, 11) is -3.90. The molecule has 0 saturated heterocycles. The second-order valence-electron chi connectivity index (χ2n) is 5.74. The molecule has 0 radical (unpaired) electrons. The fourth-order valence-electron chi connectivity index (χ4n) is 2.61. The van der Waals surface area contributed by atoms with E-state index in [4.69, 9.17) is 5.14 Å². The summed E-state index contributed by atoms with van der Waals surface area (Å²) in [5.74, 6) is -0.479. The molecule has 0 atom stereocenters. The van der Waals surface area contributed by atoms with E-state index in [1.807, 2.05) is 0 Å². The number of anilines is 1. The van der Waals surface area contributed by atoms with Gasteiger partial charge >= 0.3 is 0 Å². The van der Waals surface area contributed by atoms with E-state index < -0.39 is 21.5 Å². The molecule has 3 N–H and O–H groups in total. The Balaban J connectivity index is 1.89. The largest absolute Gasteiger partial charge is 0.324 e. The number of nitrogens with one attached hydrogen (secondary N) is 1. The van der Waals surface area contributed by atoms with Gasteiger partial charge < -0.3 is 5.32 Å². The van der Waals surface area contributed by atoms with Crippen molar-refractivity contribution in [2.45, 2.75) is 18.4 Å². The van der Waals surface area contributed by atoms with Gasteiger partial charge in [0.05, 0.1) is 22.1 Å². The molecule has 3 aromatic rings. The number of fused-ring (bicyclic) bond motifs is 1. The van der Waals surface area contributed by atoms with Gasteiger partial charge in [-0.2, -0.15) is 0 Å². The number of rotatable bonds is 4. The molecule has 1 amide bonds. The standard InChI is InChI=1S/C17H16N4O4S/c1-11-6-7-12(8-15(11)26(18,24)25)20-16(22)10-21-14-5-3-2-4-13(14)19-9-17(21)23/h2-9H,10H2,1H3,(H,20,22)(H2,18,24,25). The highest BCUT2D eigenvalue weighted by atomic mass is 32.2. The predicted molar refractivity (Wildman–Crippen MR) is 97.2 cm³/mol. The summed E-state index contributed by atoms with van der Waals surface area (Å²) in [5, 5.41) is 7.75. The minimum Gasteiger partial charge on any atom is -0.324 e. The molecule has 0 spiro atoms. The van der Waals surface area contributed by atoms with E-state index in [0.29, 0.717) is 16.6 Å². The molecule has 134 valence electrons. The van der Waals surface area contributed by atoms with Crippen LogP contribution in [0.25, 0.3) is 11.0 Å². The number of hydrogen-bond acceptors (Lipinski definition) is 5. The van der Waals surface area contributed by atoms with Crippen LogP contribution in [0.1, 0.15) is 5.56 Å². The fourth-order valence-corrected chi connectivity index (χ4v) is 3.41. The van der Waals surface area contributed by atoms with Crippen LogP contribution in [0.15, 0.2) is 58.4 Å². The third-order valence-electron chi connectivity index (χ3n) is 3.83. The van der Waals surface area contributed by atoms with Crippen molar-refractivity contribution < 1.29 is 13.2 Å². The van der Waals surface area contributed by atoms with Crippen LogP contribution in [0.3, 0.4) is 0 Å². The zero-order chi connectivity index (χ0) is 18.9. The number of primary sulfonamides is 1. The van der Waals surface area contributed by atoms with Crippen molar-refractivity contribution in [3.63, 3.8) is 0 Å². The average molecular weight is 372 g/mol. The van der Waals surface area contributed by atoms with E-state index in [2.05, 4.69) is 10.3 Å². The maximum Gasteiger partial charge on any atom is 0.269 e. The molecule has 0 aliphatic carbocycles. The Bertz CT molecular complexity index is 1170. The molecule has 0 fully saturated rings. The Labute approximate surface area is 149 Å². The van der Waals surface area contributed by atoms with Gasteiger partial charge in [0.25, 0.3) is 5.56 Å². The van der Waals surface area contributed by atoms with Gasteiger partial charge in [0, 0.05) is 5.69 Å². The average Bonchev–Trinajstić information content (AvgIpc) is 2.58. The summed E-state index contributed by atoms with van der Waals surface area (Å²) in [6.45, 7) is 1.37. The SMILES string of the molecule is Cc1ccc(NC(=O)Cn2c(=O)cnc3ccccc32)cc1S(N)(=O)=O. The Morgan fingerprint density at radius 1 is 1.23 bits per heavy atom. The number of nitrogens with two attached hydrogens (primary N) is 1. The highest BCUT2D eigenvalue weighted by Crippen LogP contribution is 2.19. The predicted octanol–water partition coefficient (Wildman–Crippen LogP) is 0.991. The topological polar surface area (TPSA) is 124 Å². The van der Waals surface area contributed by atoms with E-state index in [1.165, 1.54) is 10.6 Å². The molecule has 0 aliphatic heterocycles. The second-order valence-corrected chi connectivity index (χ2v) is 7.27. The Morgan fingerprint density at radius 3 is 2.69 bits per heavy atom. The quantitative estimate of drug-likeness (QED) is 0.707. The lowest BCUT2D eigenvalue weighted by molar-refractivity contribution is -0.116. The lowest BCUT2D eigenvalue weighted by Gasteiger charge is -2.11. The van der Waals surface area contributed by atoms with Crippen molar-refractivity contribution in [2.75, 3.05) is 5.32 Å². The Morgan fingerprint density at radius 2 is 1.96 bits per heavy atom. The van der Waals surface area contributed by atoms with Gasteiger partial charge in [-0.3, -0.25) is 14.2 Å². The van der Waals surface area contributed by atoms with Crippen LogP contribution < -0.4 is 16.0 Å². The Hall–Kier alpha value is -3.04. The van der Waals surface area contributed by atoms with Crippen LogP contribution >= 0.6 is 0 Å². The number of sulfonamides is 1. The number of hydrogen-bond donors (Lipinski definition) is 2. The van der Waals surface area contributed by atoms with Gasteiger partial charge in [-0.15, -0.1) is 0 Å². The molecule has 2 aromatic carbocycles. The molecule has 26 heavy (non-hydrogen) atoms. The number of carbonyl (C=O) groups excluding carboxylic acids is 1. The minimum atomic E-state index is -3.90.